The first-order chi connectivity index (χ1) is 10.8. The van der Waals surface area contributed by atoms with Gasteiger partial charge >= 0.3 is 0 Å². The molecule has 0 unspecified atom stereocenters. The van der Waals surface area contributed by atoms with Crippen LogP contribution in [0.5, 0.6) is 11.5 Å². The second-order valence-corrected chi connectivity index (χ2v) is 5.04. The lowest BCUT2D eigenvalue weighted by molar-refractivity contribution is 0.0953. The van der Waals surface area contributed by atoms with Gasteiger partial charge in [-0.2, -0.15) is 0 Å². The van der Waals surface area contributed by atoms with Crippen LogP contribution in [0.3, 0.4) is 0 Å². The maximum Gasteiger partial charge on any atom is 0.251 e. The Bertz CT molecular complexity index is 567. The number of carbonyl (C=O) groups is 1. The van der Waals surface area contributed by atoms with Crippen molar-refractivity contribution in [1.82, 2.24) is 5.32 Å². The van der Waals surface area contributed by atoms with Crippen LogP contribution < -0.4 is 15.8 Å². The fraction of sp³-hybridized carbons (Fsp3) is 0.278. The Morgan fingerprint density at radius 1 is 0.909 bits per heavy atom. The van der Waals surface area contributed by atoms with Crippen LogP contribution in [0.2, 0.25) is 0 Å². The van der Waals surface area contributed by atoms with E-state index in [4.69, 9.17) is 10.5 Å². The molecule has 0 bridgehead atoms. The summed E-state index contributed by atoms with van der Waals surface area (Å²) in [5.74, 6) is 1.43. The quantitative estimate of drug-likeness (QED) is 0.735. The van der Waals surface area contributed by atoms with Crippen LogP contribution in [0.25, 0.3) is 0 Å². The van der Waals surface area contributed by atoms with Crippen molar-refractivity contribution in [3.8, 4) is 11.5 Å². The van der Waals surface area contributed by atoms with Crippen molar-refractivity contribution >= 4 is 5.91 Å². The molecular formula is C18H22N2O2. The Morgan fingerprint density at radius 3 is 2.27 bits per heavy atom. The molecule has 0 heterocycles. The lowest BCUT2D eigenvalue weighted by atomic mass is 10.2. The summed E-state index contributed by atoms with van der Waals surface area (Å²) < 4.78 is 5.69. The molecule has 116 valence electrons. The largest absolute Gasteiger partial charge is 0.457 e. The molecule has 0 spiro atoms. The number of nitrogens with one attached hydrogen (secondary N) is 1. The molecule has 0 aromatic heterocycles. The van der Waals surface area contributed by atoms with E-state index in [1.807, 2.05) is 30.3 Å². The number of benzene rings is 2. The molecule has 2 aromatic rings. The number of amides is 1. The standard InChI is InChI=1S/C18H22N2O2/c19-13-5-2-6-14-20-18(21)15-9-11-17(12-10-15)22-16-7-3-1-4-8-16/h1,3-4,7-12H,2,5-6,13-14,19H2,(H,20,21). The summed E-state index contributed by atoms with van der Waals surface area (Å²) in [4.78, 5) is 12.0. The monoisotopic (exact) mass is 298 g/mol. The highest BCUT2D eigenvalue weighted by atomic mass is 16.5. The van der Waals surface area contributed by atoms with E-state index >= 15 is 0 Å². The maximum absolute atomic E-state index is 12.0. The maximum atomic E-state index is 12.0. The molecule has 0 saturated heterocycles. The van der Waals surface area contributed by atoms with Gasteiger partial charge in [-0.25, -0.2) is 0 Å². The minimum absolute atomic E-state index is 0.0565. The highest BCUT2D eigenvalue weighted by Crippen LogP contribution is 2.21. The lowest BCUT2D eigenvalue weighted by Crippen LogP contribution is -2.24. The number of unbranched alkanes of at least 4 members (excludes halogenated alkanes) is 2. The number of hydrogen-bond donors (Lipinski definition) is 2. The van der Waals surface area contributed by atoms with E-state index in [1.165, 1.54) is 0 Å². The van der Waals surface area contributed by atoms with E-state index < -0.39 is 0 Å². The SMILES string of the molecule is NCCCCCNC(=O)c1ccc(Oc2ccccc2)cc1. The molecule has 0 fully saturated rings. The van der Waals surface area contributed by atoms with Crippen LogP contribution in [-0.4, -0.2) is 19.0 Å². The number of ether oxygens (including phenoxy) is 1. The Balaban J connectivity index is 1.82. The highest BCUT2D eigenvalue weighted by molar-refractivity contribution is 5.94. The Hall–Kier alpha value is -2.33. The Kier molecular flexibility index (Phi) is 6.45. The van der Waals surface area contributed by atoms with Crippen LogP contribution in [0.15, 0.2) is 54.6 Å². The molecule has 22 heavy (non-hydrogen) atoms. The first kappa shape index (κ1) is 16.0. The smallest absolute Gasteiger partial charge is 0.251 e. The number of nitrogens with two attached hydrogens (primary N) is 1. The lowest BCUT2D eigenvalue weighted by Gasteiger charge is -2.07. The third kappa shape index (κ3) is 5.22. The van der Waals surface area contributed by atoms with E-state index in [0.29, 0.717) is 24.4 Å². The zero-order valence-corrected chi connectivity index (χ0v) is 12.6. The summed E-state index contributed by atoms with van der Waals surface area (Å²) in [6.07, 6.45) is 3.00. The Morgan fingerprint density at radius 2 is 1.59 bits per heavy atom. The molecule has 4 heteroatoms. The van der Waals surface area contributed by atoms with E-state index in [0.717, 1.165) is 25.0 Å². The highest BCUT2D eigenvalue weighted by Gasteiger charge is 2.05. The fourth-order valence-corrected chi connectivity index (χ4v) is 2.05. The van der Waals surface area contributed by atoms with Crippen LogP contribution in [0.1, 0.15) is 29.6 Å². The van der Waals surface area contributed by atoms with Crippen molar-refractivity contribution < 1.29 is 9.53 Å². The number of para-hydroxylation sites is 1. The predicted octanol–water partition coefficient (Wildman–Crippen LogP) is 3.34. The molecule has 2 aromatic carbocycles. The number of rotatable bonds is 8. The third-order valence-corrected chi connectivity index (χ3v) is 3.26. The molecule has 0 aliphatic rings. The van der Waals surface area contributed by atoms with Crippen LogP contribution in [0.4, 0.5) is 0 Å². The molecule has 2 rings (SSSR count). The van der Waals surface area contributed by atoms with E-state index in [1.54, 1.807) is 24.3 Å². The van der Waals surface area contributed by atoms with Crippen molar-refractivity contribution in [3.05, 3.63) is 60.2 Å². The summed E-state index contributed by atoms with van der Waals surface area (Å²) in [6, 6.07) is 16.7. The minimum atomic E-state index is -0.0565. The van der Waals surface area contributed by atoms with Crippen molar-refractivity contribution in [2.45, 2.75) is 19.3 Å². The zero-order valence-electron chi connectivity index (χ0n) is 12.6. The van der Waals surface area contributed by atoms with E-state index in [-0.39, 0.29) is 5.91 Å². The Labute approximate surface area is 131 Å². The van der Waals surface area contributed by atoms with Gasteiger partial charge in [0.1, 0.15) is 11.5 Å². The van der Waals surface area contributed by atoms with Gasteiger partial charge in [0.05, 0.1) is 0 Å². The summed E-state index contributed by atoms with van der Waals surface area (Å²) >= 11 is 0. The molecule has 0 aliphatic heterocycles. The van der Waals surface area contributed by atoms with Crippen molar-refractivity contribution in [2.75, 3.05) is 13.1 Å². The average molecular weight is 298 g/mol. The van der Waals surface area contributed by atoms with Gasteiger partial charge in [-0.3, -0.25) is 4.79 Å². The van der Waals surface area contributed by atoms with Gasteiger partial charge in [0, 0.05) is 12.1 Å². The summed E-state index contributed by atoms with van der Waals surface area (Å²) in [7, 11) is 0. The fourth-order valence-electron chi connectivity index (χ4n) is 2.05. The van der Waals surface area contributed by atoms with Crippen LogP contribution in [0, 0.1) is 0 Å². The van der Waals surface area contributed by atoms with Gasteiger partial charge in [0.25, 0.3) is 5.91 Å². The molecule has 0 saturated carbocycles. The minimum Gasteiger partial charge on any atom is -0.457 e. The van der Waals surface area contributed by atoms with Crippen LogP contribution >= 0.6 is 0 Å². The second-order valence-electron chi connectivity index (χ2n) is 5.04. The van der Waals surface area contributed by atoms with E-state index in [9.17, 15) is 4.79 Å². The normalized spacial score (nSPS) is 10.2. The molecule has 1 amide bonds. The average Bonchev–Trinajstić information content (AvgIpc) is 2.56. The molecule has 0 radical (unpaired) electrons. The molecule has 4 nitrogen and oxygen atoms in total. The topological polar surface area (TPSA) is 64.3 Å². The van der Waals surface area contributed by atoms with E-state index in [2.05, 4.69) is 5.32 Å². The zero-order chi connectivity index (χ0) is 15.6. The van der Waals surface area contributed by atoms with Gasteiger partial charge in [-0.15, -0.1) is 0 Å². The second kappa shape index (κ2) is 8.85. The number of hydrogen-bond acceptors (Lipinski definition) is 3. The van der Waals surface area contributed by atoms with Gasteiger partial charge in [0.2, 0.25) is 0 Å². The van der Waals surface area contributed by atoms with Gasteiger partial charge in [0.15, 0.2) is 0 Å². The van der Waals surface area contributed by atoms with Crippen molar-refractivity contribution in [3.63, 3.8) is 0 Å². The molecule has 0 aliphatic carbocycles. The van der Waals surface area contributed by atoms with Gasteiger partial charge in [-0.05, 0) is 55.8 Å². The molecule has 3 N–H and O–H groups in total. The third-order valence-electron chi connectivity index (χ3n) is 3.26. The predicted molar refractivity (Wildman–Crippen MR) is 88.2 cm³/mol. The first-order valence-corrected chi connectivity index (χ1v) is 7.61. The van der Waals surface area contributed by atoms with Crippen LogP contribution in [-0.2, 0) is 0 Å². The van der Waals surface area contributed by atoms with Crippen molar-refractivity contribution in [2.24, 2.45) is 5.73 Å². The first-order valence-electron chi connectivity index (χ1n) is 7.61. The van der Waals surface area contributed by atoms with Gasteiger partial charge < -0.3 is 15.8 Å². The summed E-state index contributed by atoms with van der Waals surface area (Å²) in [6.45, 7) is 1.39. The molecular weight excluding hydrogens is 276 g/mol. The van der Waals surface area contributed by atoms with Crippen molar-refractivity contribution in [1.29, 1.82) is 0 Å². The molecule has 0 atom stereocenters. The summed E-state index contributed by atoms with van der Waals surface area (Å²) in [5.41, 5.74) is 6.07. The number of carbonyl (C=O) groups excluding carboxylic acids is 1. The summed E-state index contributed by atoms with van der Waals surface area (Å²) in [5, 5.41) is 2.91. The van der Waals surface area contributed by atoms with Gasteiger partial charge in [-0.1, -0.05) is 24.6 Å².